The van der Waals surface area contributed by atoms with Crippen molar-refractivity contribution in [2.75, 3.05) is 14.2 Å². The van der Waals surface area contributed by atoms with Crippen LogP contribution in [0.25, 0.3) is 0 Å². The van der Waals surface area contributed by atoms with Crippen molar-refractivity contribution in [1.29, 1.82) is 0 Å². The Balaban J connectivity index is 4.70. The third-order valence-electron chi connectivity index (χ3n) is 1.28. The maximum absolute atomic E-state index is 10.9. The minimum Gasteiger partial charge on any atom is -0.439 e. The van der Waals surface area contributed by atoms with Crippen LogP contribution in [0.2, 0.25) is 0 Å². The van der Waals surface area contributed by atoms with Crippen molar-refractivity contribution in [1.82, 2.24) is 0 Å². The summed E-state index contributed by atoms with van der Waals surface area (Å²) in [5, 5.41) is 0. The number of hydrogen-bond acceptors (Lipinski definition) is 6. The first-order valence-corrected chi connectivity index (χ1v) is 5.48. The zero-order valence-corrected chi connectivity index (χ0v) is 9.52. The maximum atomic E-state index is 10.9. The van der Waals surface area contributed by atoms with Crippen LogP contribution in [0.15, 0.2) is 25.3 Å². The van der Waals surface area contributed by atoms with Crippen molar-refractivity contribution in [2.45, 2.75) is 0 Å². The highest BCUT2D eigenvalue weighted by Crippen LogP contribution is 2.10. The average Bonchev–Trinajstić information content (AvgIpc) is 2.27. The van der Waals surface area contributed by atoms with Crippen LogP contribution in [0.4, 0.5) is 0 Å². The Hall–Kier alpha value is -1.44. The molecule has 0 aliphatic rings. The first-order valence-electron chi connectivity index (χ1n) is 3.84. The molecule has 0 fully saturated rings. The van der Waals surface area contributed by atoms with Crippen LogP contribution in [0.1, 0.15) is 0 Å². The molecular formula is C8H12O6Si. The van der Waals surface area contributed by atoms with E-state index in [0.29, 0.717) is 0 Å². The summed E-state index contributed by atoms with van der Waals surface area (Å²) in [7, 11) is -1.36. The van der Waals surface area contributed by atoms with Gasteiger partial charge in [0.2, 0.25) is 0 Å². The van der Waals surface area contributed by atoms with Gasteiger partial charge >= 0.3 is 21.0 Å². The zero-order valence-electron chi connectivity index (χ0n) is 8.52. The molecular weight excluding hydrogens is 220 g/mol. The molecule has 0 rings (SSSR count). The van der Waals surface area contributed by atoms with Crippen molar-refractivity contribution in [3.05, 3.63) is 25.3 Å². The van der Waals surface area contributed by atoms with Crippen LogP contribution in [0.3, 0.4) is 0 Å². The maximum Gasteiger partial charge on any atom is 0.824 e. The van der Waals surface area contributed by atoms with Gasteiger partial charge in [-0.05, 0) is 0 Å². The van der Waals surface area contributed by atoms with Gasteiger partial charge in [-0.2, -0.15) is 0 Å². The van der Waals surface area contributed by atoms with Crippen LogP contribution < -0.4 is 0 Å². The molecule has 0 N–H and O–H groups in total. The molecule has 0 spiro atoms. The van der Waals surface area contributed by atoms with Crippen molar-refractivity contribution >= 4 is 21.0 Å². The highest BCUT2D eigenvalue weighted by atomic mass is 28.4. The van der Waals surface area contributed by atoms with Crippen molar-refractivity contribution in [2.24, 2.45) is 0 Å². The molecule has 6 nitrogen and oxygen atoms in total. The molecule has 7 heteroatoms. The molecule has 0 bridgehead atoms. The highest BCUT2D eigenvalue weighted by molar-refractivity contribution is 6.57. The third kappa shape index (κ3) is 4.06. The Morgan fingerprint density at radius 3 is 1.53 bits per heavy atom. The van der Waals surface area contributed by atoms with Gasteiger partial charge in [0.1, 0.15) is 0 Å². The monoisotopic (exact) mass is 232 g/mol. The van der Waals surface area contributed by atoms with Crippen LogP contribution in [-0.2, 0) is 27.3 Å². The molecule has 0 aromatic rings. The van der Waals surface area contributed by atoms with E-state index < -0.39 is 21.0 Å². The van der Waals surface area contributed by atoms with Gasteiger partial charge in [0, 0.05) is 26.4 Å². The predicted molar refractivity (Wildman–Crippen MR) is 52.4 cm³/mol. The summed E-state index contributed by atoms with van der Waals surface area (Å²) >= 11 is 0. The standard InChI is InChI=1S/C8H12O6Si/c1-5-7(9)13-15(11-3,12-4)14-8(10)6-2/h5-6H,1-2H2,3-4H3. The van der Waals surface area contributed by atoms with Crippen molar-refractivity contribution in [3.63, 3.8) is 0 Å². The minimum atomic E-state index is -3.75. The fourth-order valence-corrected chi connectivity index (χ4v) is 1.80. The summed E-state index contributed by atoms with van der Waals surface area (Å²) in [6, 6.07) is 0. The second kappa shape index (κ2) is 6.12. The summed E-state index contributed by atoms with van der Waals surface area (Å²) < 4.78 is 18.9. The fourth-order valence-electron chi connectivity index (χ4n) is 0.601. The first kappa shape index (κ1) is 13.6. The van der Waals surface area contributed by atoms with E-state index in [1.807, 2.05) is 0 Å². The Labute approximate surface area is 88.6 Å². The summed E-state index contributed by atoms with van der Waals surface area (Å²) in [5.74, 6) is -1.61. The molecule has 0 aliphatic carbocycles. The molecule has 0 heterocycles. The quantitative estimate of drug-likeness (QED) is 0.480. The van der Waals surface area contributed by atoms with Crippen LogP contribution in [0.5, 0.6) is 0 Å². The largest absolute Gasteiger partial charge is 0.824 e. The average molecular weight is 232 g/mol. The number of carbonyl (C=O) groups is 2. The Kier molecular flexibility index (Phi) is 5.53. The smallest absolute Gasteiger partial charge is 0.439 e. The van der Waals surface area contributed by atoms with Crippen molar-refractivity contribution < 1.29 is 27.3 Å². The van der Waals surface area contributed by atoms with Gasteiger partial charge in [-0.15, -0.1) is 0 Å². The van der Waals surface area contributed by atoms with Gasteiger partial charge in [-0.1, -0.05) is 13.2 Å². The molecule has 0 aromatic carbocycles. The van der Waals surface area contributed by atoms with E-state index in [4.69, 9.17) is 17.7 Å². The normalized spacial score (nSPS) is 10.3. The van der Waals surface area contributed by atoms with Crippen molar-refractivity contribution in [3.8, 4) is 0 Å². The van der Waals surface area contributed by atoms with E-state index in [1.165, 1.54) is 14.2 Å². The molecule has 0 aromatic heterocycles. The SMILES string of the molecule is C=CC(=O)O[Si](OC)(OC)OC(=O)C=C. The van der Waals surface area contributed by atoms with E-state index in [1.54, 1.807) is 0 Å². The Morgan fingerprint density at radius 1 is 1.00 bits per heavy atom. The van der Waals surface area contributed by atoms with Gasteiger partial charge in [-0.3, -0.25) is 0 Å². The zero-order chi connectivity index (χ0) is 11.9. The summed E-state index contributed by atoms with van der Waals surface area (Å²) in [6.45, 7) is 6.38. The van der Waals surface area contributed by atoms with E-state index in [-0.39, 0.29) is 0 Å². The number of carbonyl (C=O) groups excluding carboxylic acids is 2. The Morgan fingerprint density at radius 2 is 1.33 bits per heavy atom. The third-order valence-corrected chi connectivity index (χ3v) is 3.19. The molecule has 0 amide bonds. The minimum absolute atomic E-state index is 0.803. The molecule has 84 valence electrons. The van der Waals surface area contributed by atoms with E-state index in [0.717, 1.165) is 12.2 Å². The molecule has 0 saturated carbocycles. The molecule has 0 unspecified atom stereocenters. The predicted octanol–water partition coefficient (Wildman–Crippen LogP) is 0.173. The van der Waals surface area contributed by atoms with Crippen LogP contribution in [0, 0.1) is 0 Å². The molecule has 0 radical (unpaired) electrons. The second-order valence-corrected chi connectivity index (χ2v) is 4.38. The topological polar surface area (TPSA) is 71.1 Å². The van der Waals surface area contributed by atoms with Gasteiger partial charge in [0.15, 0.2) is 0 Å². The fraction of sp³-hybridized carbons (Fsp3) is 0.250. The molecule has 0 saturated heterocycles. The van der Waals surface area contributed by atoms with E-state index >= 15 is 0 Å². The lowest BCUT2D eigenvalue weighted by Crippen LogP contribution is -2.49. The van der Waals surface area contributed by atoms with E-state index in [2.05, 4.69) is 13.2 Å². The lowest BCUT2D eigenvalue weighted by molar-refractivity contribution is -0.145. The first-order chi connectivity index (χ1) is 7.03. The highest BCUT2D eigenvalue weighted by Gasteiger charge is 2.51. The second-order valence-electron chi connectivity index (χ2n) is 2.16. The van der Waals surface area contributed by atoms with Gasteiger partial charge in [0.25, 0.3) is 0 Å². The molecule has 0 aliphatic heterocycles. The Bertz CT molecular complexity index is 246. The van der Waals surface area contributed by atoms with Gasteiger partial charge in [0.05, 0.1) is 0 Å². The molecule has 0 atom stereocenters. The lowest BCUT2D eigenvalue weighted by Gasteiger charge is -2.21. The lowest BCUT2D eigenvalue weighted by atomic mass is 10.7. The number of rotatable bonds is 6. The van der Waals surface area contributed by atoms with Gasteiger partial charge < -0.3 is 17.7 Å². The molecule has 15 heavy (non-hydrogen) atoms. The van der Waals surface area contributed by atoms with Crippen LogP contribution in [-0.4, -0.2) is 35.2 Å². The summed E-state index contributed by atoms with van der Waals surface area (Å²) in [5.41, 5.74) is 0. The van der Waals surface area contributed by atoms with Crippen LogP contribution >= 0.6 is 0 Å². The number of hydrogen-bond donors (Lipinski definition) is 0. The van der Waals surface area contributed by atoms with E-state index in [9.17, 15) is 9.59 Å². The summed E-state index contributed by atoms with van der Waals surface area (Å²) in [4.78, 5) is 21.9. The summed E-state index contributed by atoms with van der Waals surface area (Å²) in [6.07, 6.45) is 1.81. The van der Waals surface area contributed by atoms with Gasteiger partial charge in [-0.25, -0.2) is 9.59 Å².